The summed E-state index contributed by atoms with van der Waals surface area (Å²) in [5.74, 6) is 0. The standard InChI is InChI=1S/C20H14ClF3N4O8S2/c1-11-14(21)3-2-4-15(11)26(28(31)32)38(35,36)13-7-5-12(6-8-13)18-17(37(25,33)34)10-9-16(27(29)30)19(18)20(22,23)24/h2-10H,1H3,(H2,25,33,34). The maximum atomic E-state index is 13.9. The second-order valence-corrected chi connectivity index (χ2v) is 11.2. The Kier molecular flexibility index (Phi) is 7.44. The Morgan fingerprint density at radius 2 is 1.53 bits per heavy atom. The number of nitrogens with zero attached hydrogens (tertiary/aromatic N) is 3. The van der Waals surface area contributed by atoms with Crippen LogP contribution in [0.15, 0.2) is 64.4 Å². The average Bonchev–Trinajstić information content (AvgIpc) is 2.79. The van der Waals surface area contributed by atoms with Crippen LogP contribution >= 0.6 is 11.6 Å². The van der Waals surface area contributed by atoms with Crippen molar-refractivity contribution in [3.8, 4) is 11.1 Å². The second-order valence-electron chi connectivity index (χ2n) is 7.53. The highest BCUT2D eigenvalue weighted by atomic mass is 35.5. The molecule has 0 saturated carbocycles. The Morgan fingerprint density at radius 3 is 2.00 bits per heavy atom. The summed E-state index contributed by atoms with van der Waals surface area (Å²) in [5.41, 5.74) is -5.61. The fraction of sp³-hybridized carbons (Fsp3) is 0.100. The Labute approximate surface area is 217 Å². The minimum Gasteiger partial charge on any atom is -0.258 e. The molecule has 0 bridgehead atoms. The molecule has 12 nitrogen and oxygen atoms in total. The molecule has 0 spiro atoms. The minimum atomic E-state index is -5.43. The van der Waals surface area contributed by atoms with Gasteiger partial charge in [0.25, 0.3) is 5.69 Å². The highest BCUT2D eigenvalue weighted by Gasteiger charge is 2.44. The van der Waals surface area contributed by atoms with Crippen LogP contribution in [0.3, 0.4) is 0 Å². The second kappa shape index (κ2) is 9.82. The summed E-state index contributed by atoms with van der Waals surface area (Å²) in [5, 5.41) is 26.8. The van der Waals surface area contributed by atoms with Gasteiger partial charge in [0.2, 0.25) is 10.0 Å². The number of hydrogen-bond donors (Lipinski definition) is 1. The number of hydrogen-bond acceptors (Lipinski definition) is 8. The highest BCUT2D eigenvalue weighted by molar-refractivity contribution is 7.92. The SMILES string of the molecule is Cc1c(Cl)cccc1N([N+](=O)[O-])S(=O)(=O)c1ccc(-c2c(S(N)(=O)=O)ccc([N+](=O)[O-])c2C(F)(F)F)cc1. The number of hydrazine groups is 1. The molecule has 3 aromatic rings. The first-order valence-electron chi connectivity index (χ1n) is 9.85. The minimum absolute atomic E-state index is 0.0146. The van der Waals surface area contributed by atoms with Crippen LogP contribution in [0, 0.1) is 27.2 Å². The lowest BCUT2D eigenvalue weighted by molar-refractivity contribution is -0.474. The maximum Gasteiger partial charge on any atom is 0.423 e. The Bertz CT molecular complexity index is 1680. The third-order valence-corrected chi connectivity index (χ3v) is 8.21. The number of nitro groups is 2. The molecule has 0 unspecified atom stereocenters. The van der Waals surface area contributed by atoms with E-state index in [2.05, 4.69) is 0 Å². The first-order valence-corrected chi connectivity index (χ1v) is 13.2. The Hall–Kier alpha value is -3.80. The van der Waals surface area contributed by atoms with Gasteiger partial charge in [-0.05, 0) is 48.4 Å². The number of sulfonamides is 2. The van der Waals surface area contributed by atoms with Gasteiger partial charge in [0.05, 0.1) is 14.7 Å². The lowest BCUT2D eigenvalue weighted by Gasteiger charge is -2.18. The zero-order valence-electron chi connectivity index (χ0n) is 18.7. The molecule has 0 aromatic heterocycles. The molecule has 0 radical (unpaired) electrons. The van der Waals surface area contributed by atoms with Crippen LogP contribution in [0.4, 0.5) is 24.5 Å². The number of anilines is 1. The van der Waals surface area contributed by atoms with Crippen molar-refractivity contribution in [1.29, 1.82) is 0 Å². The van der Waals surface area contributed by atoms with Gasteiger partial charge in [-0.2, -0.15) is 21.6 Å². The van der Waals surface area contributed by atoms with Crippen LogP contribution in [0.2, 0.25) is 5.02 Å². The van der Waals surface area contributed by atoms with Crippen molar-refractivity contribution in [1.82, 2.24) is 0 Å². The van der Waals surface area contributed by atoms with E-state index >= 15 is 0 Å². The number of nitrogens with two attached hydrogens (primary N) is 1. The van der Waals surface area contributed by atoms with E-state index in [9.17, 15) is 50.2 Å². The van der Waals surface area contributed by atoms with Gasteiger partial charge in [-0.25, -0.2) is 23.7 Å². The smallest absolute Gasteiger partial charge is 0.258 e. The zero-order valence-corrected chi connectivity index (χ0v) is 21.1. The van der Waals surface area contributed by atoms with Crippen LogP contribution in [0.5, 0.6) is 0 Å². The van der Waals surface area contributed by atoms with Gasteiger partial charge in [-0.1, -0.05) is 29.8 Å². The first-order chi connectivity index (χ1) is 17.4. The summed E-state index contributed by atoms with van der Waals surface area (Å²) >= 11 is 5.94. The monoisotopic (exact) mass is 594 g/mol. The summed E-state index contributed by atoms with van der Waals surface area (Å²) in [7, 11) is -9.85. The summed E-state index contributed by atoms with van der Waals surface area (Å²) < 4.78 is 91.9. The first kappa shape index (κ1) is 28.8. The molecule has 0 saturated heterocycles. The molecular formula is C20H14ClF3N4O8S2. The molecule has 0 fully saturated rings. The highest BCUT2D eigenvalue weighted by Crippen LogP contribution is 2.45. The van der Waals surface area contributed by atoms with E-state index < -0.39 is 74.0 Å². The van der Waals surface area contributed by atoms with E-state index in [1.807, 2.05) is 0 Å². The van der Waals surface area contributed by atoms with Crippen LogP contribution in [-0.2, 0) is 26.2 Å². The Morgan fingerprint density at radius 1 is 0.947 bits per heavy atom. The molecule has 3 aromatic carbocycles. The lowest BCUT2D eigenvalue weighted by atomic mass is 9.97. The van der Waals surface area contributed by atoms with Crippen LogP contribution in [0.1, 0.15) is 11.1 Å². The van der Waals surface area contributed by atoms with Crippen molar-refractivity contribution >= 4 is 43.0 Å². The van der Waals surface area contributed by atoms with Gasteiger partial charge in [0.15, 0.2) is 5.03 Å². The van der Waals surface area contributed by atoms with E-state index in [0.29, 0.717) is 36.4 Å². The van der Waals surface area contributed by atoms with E-state index in [1.165, 1.54) is 19.1 Å². The van der Waals surface area contributed by atoms with Gasteiger partial charge < -0.3 is 0 Å². The third kappa shape index (κ3) is 5.26. The number of benzene rings is 3. The number of nitro benzene ring substituents is 1. The van der Waals surface area contributed by atoms with Gasteiger partial charge in [0, 0.05) is 21.1 Å². The molecule has 0 aliphatic carbocycles. The average molecular weight is 595 g/mol. The molecule has 0 aliphatic heterocycles. The number of halogens is 4. The summed E-state index contributed by atoms with van der Waals surface area (Å²) in [6, 6.07) is 7.33. The number of primary sulfonamides is 1. The molecule has 0 atom stereocenters. The van der Waals surface area contributed by atoms with Crippen molar-refractivity contribution in [2.45, 2.75) is 22.9 Å². The Balaban J connectivity index is 2.29. The molecule has 0 heterocycles. The van der Waals surface area contributed by atoms with Crippen molar-refractivity contribution in [3.05, 3.63) is 91.0 Å². The molecule has 202 valence electrons. The summed E-state index contributed by atoms with van der Waals surface area (Å²) in [4.78, 5) is 19.8. The molecular weight excluding hydrogens is 581 g/mol. The van der Waals surface area contributed by atoms with Crippen molar-refractivity contribution in [2.75, 3.05) is 4.41 Å². The van der Waals surface area contributed by atoms with Crippen LogP contribution in [0.25, 0.3) is 11.1 Å². The van der Waals surface area contributed by atoms with Crippen LogP contribution < -0.4 is 9.55 Å². The van der Waals surface area contributed by atoms with Gasteiger partial charge >= 0.3 is 16.2 Å². The van der Waals surface area contributed by atoms with E-state index in [1.54, 1.807) is 0 Å². The van der Waals surface area contributed by atoms with Gasteiger partial charge in [0.1, 0.15) is 11.3 Å². The topological polar surface area (TPSA) is 184 Å². The predicted octanol–water partition coefficient (Wildman–Crippen LogP) is 4.28. The summed E-state index contributed by atoms with van der Waals surface area (Å²) in [6.07, 6.45) is -5.43. The molecule has 38 heavy (non-hydrogen) atoms. The normalized spacial score (nSPS) is 12.3. The third-order valence-electron chi connectivity index (χ3n) is 5.19. The van der Waals surface area contributed by atoms with E-state index in [4.69, 9.17) is 16.7 Å². The summed E-state index contributed by atoms with van der Waals surface area (Å²) in [6.45, 7) is 1.32. The van der Waals surface area contributed by atoms with Crippen molar-refractivity contribution in [3.63, 3.8) is 0 Å². The quantitative estimate of drug-likeness (QED) is 0.310. The fourth-order valence-electron chi connectivity index (χ4n) is 3.54. The van der Waals surface area contributed by atoms with E-state index in [-0.39, 0.29) is 15.0 Å². The molecule has 3 rings (SSSR count). The largest absolute Gasteiger partial charge is 0.423 e. The zero-order chi connectivity index (χ0) is 28.8. The maximum absolute atomic E-state index is 13.9. The lowest BCUT2D eigenvalue weighted by Crippen LogP contribution is -2.36. The number of rotatable bonds is 7. The number of alkyl halides is 3. The van der Waals surface area contributed by atoms with Gasteiger partial charge in [-0.3, -0.25) is 10.1 Å². The molecule has 0 aliphatic rings. The molecule has 0 amide bonds. The van der Waals surface area contributed by atoms with Crippen molar-refractivity contribution < 1.29 is 40.0 Å². The van der Waals surface area contributed by atoms with Crippen molar-refractivity contribution in [2.24, 2.45) is 5.14 Å². The fourth-order valence-corrected chi connectivity index (χ4v) is 5.78. The van der Waals surface area contributed by atoms with Gasteiger partial charge in [-0.15, -0.1) is 0 Å². The van der Waals surface area contributed by atoms with E-state index in [0.717, 1.165) is 6.07 Å². The molecule has 2 N–H and O–H groups in total. The predicted molar refractivity (Wildman–Crippen MR) is 128 cm³/mol. The molecule has 18 heteroatoms. The van der Waals surface area contributed by atoms with Crippen LogP contribution in [-0.4, -0.2) is 26.8 Å².